The highest BCUT2D eigenvalue weighted by atomic mass is 16.4. The molecule has 0 bridgehead atoms. The molecule has 0 spiro atoms. The monoisotopic (exact) mass is 285 g/mol. The average molecular weight is 285 g/mol. The van der Waals surface area contributed by atoms with Crippen molar-refractivity contribution in [1.82, 2.24) is 5.32 Å². The third-order valence-electron chi connectivity index (χ3n) is 3.77. The van der Waals surface area contributed by atoms with Crippen molar-refractivity contribution >= 4 is 5.97 Å². The first kappa shape index (κ1) is 13.5. The molecule has 0 aliphatic carbocycles. The lowest BCUT2D eigenvalue weighted by atomic mass is 9.86. The van der Waals surface area contributed by atoms with Crippen molar-refractivity contribution < 1.29 is 20.1 Å². The molecule has 108 valence electrons. The van der Waals surface area contributed by atoms with E-state index in [1.54, 1.807) is 0 Å². The Morgan fingerprint density at radius 2 is 1.76 bits per heavy atom. The summed E-state index contributed by atoms with van der Waals surface area (Å²) in [6, 6.07) is 11.3. The number of benzene rings is 2. The number of aliphatic carboxylic acids is 1. The minimum Gasteiger partial charge on any atom is -0.504 e. The van der Waals surface area contributed by atoms with Crippen molar-refractivity contribution in [1.29, 1.82) is 0 Å². The van der Waals surface area contributed by atoms with Gasteiger partial charge in [0.05, 0.1) is 6.04 Å². The Hall–Kier alpha value is -2.53. The Bertz CT molecular complexity index is 684. The molecule has 1 aliphatic heterocycles. The van der Waals surface area contributed by atoms with E-state index in [1.165, 1.54) is 12.1 Å². The standard InChI is InChI=1S/C16H15NO4/c18-13-7-10-6-12(16(20)21)17-15(11(10)8-14(13)19)9-4-2-1-3-5-9/h1-5,7-8,12,15,17-19H,6H2,(H,20,21)/t12-,15?/m0/s1. The highest BCUT2D eigenvalue weighted by Crippen LogP contribution is 2.37. The number of hydrogen-bond acceptors (Lipinski definition) is 4. The maximum atomic E-state index is 11.3. The second-order valence-corrected chi connectivity index (χ2v) is 5.15. The van der Waals surface area contributed by atoms with Crippen LogP contribution in [0, 0.1) is 0 Å². The lowest BCUT2D eigenvalue weighted by Crippen LogP contribution is -2.45. The van der Waals surface area contributed by atoms with E-state index >= 15 is 0 Å². The van der Waals surface area contributed by atoms with Gasteiger partial charge in [0, 0.05) is 0 Å². The van der Waals surface area contributed by atoms with Gasteiger partial charge in [0.2, 0.25) is 0 Å². The smallest absolute Gasteiger partial charge is 0.321 e. The minimum atomic E-state index is -0.936. The molecule has 1 unspecified atom stereocenters. The number of nitrogens with one attached hydrogen (secondary N) is 1. The van der Waals surface area contributed by atoms with Gasteiger partial charge in [-0.05, 0) is 35.2 Å². The average Bonchev–Trinajstić information content (AvgIpc) is 2.48. The molecule has 0 fully saturated rings. The van der Waals surface area contributed by atoms with Crippen molar-refractivity contribution in [2.45, 2.75) is 18.5 Å². The summed E-state index contributed by atoms with van der Waals surface area (Å²) < 4.78 is 0. The van der Waals surface area contributed by atoms with Crippen molar-refractivity contribution in [2.75, 3.05) is 0 Å². The molecule has 0 amide bonds. The molecule has 2 aromatic carbocycles. The number of carboxylic acid groups (broad SMARTS) is 1. The van der Waals surface area contributed by atoms with Crippen LogP contribution in [0.4, 0.5) is 0 Å². The van der Waals surface area contributed by atoms with E-state index in [-0.39, 0.29) is 24.0 Å². The molecule has 5 nitrogen and oxygen atoms in total. The quantitative estimate of drug-likeness (QED) is 0.632. The zero-order valence-corrected chi connectivity index (χ0v) is 11.2. The van der Waals surface area contributed by atoms with E-state index in [1.807, 2.05) is 30.3 Å². The summed E-state index contributed by atoms with van der Waals surface area (Å²) >= 11 is 0. The number of rotatable bonds is 2. The SMILES string of the molecule is O=C(O)[C@@H]1Cc2cc(O)c(O)cc2C(c2ccccc2)N1. The van der Waals surface area contributed by atoms with Gasteiger partial charge < -0.3 is 15.3 Å². The Morgan fingerprint density at radius 3 is 2.43 bits per heavy atom. The third kappa shape index (κ3) is 2.43. The van der Waals surface area contributed by atoms with Crippen LogP contribution in [0.25, 0.3) is 0 Å². The minimum absolute atomic E-state index is 0.203. The molecule has 3 rings (SSSR count). The molecule has 0 saturated heterocycles. The zero-order chi connectivity index (χ0) is 15.0. The molecule has 0 aromatic heterocycles. The van der Waals surface area contributed by atoms with Crippen LogP contribution in [0.2, 0.25) is 0 Å². The number of phenols is 2. The first-order chi connectivity index (χ1) is 10.1. The van der Waals surface area contributed by atoms with E-state index in [2.05, 4.69) is 5.32 Å². The Labute approximate surface area is 121 Å². The summed E-state index contributed by atoms with van der Waals surface area (Å²) in [5, 5.41) is 31.7. The van der Waals surface area contributed by atoms with Crippen molar-refractivity contribution in [2.24, 2.45) is 0 Å². The lowest BCUT2D eigenvalue weighted by Gasteiger charge is -2.31. The number of hydrogen-bond donors (Lipinski definition) is 4. The predicted octanol–water partition coefficient (Wildman–Crippen LogP) is 1.79. The van der Waals surface area contributed by atoms with Gasteiger partial charge in [0.25, 0.3) is 0 Å². The van der Waals surface area contributed by atoms with Crippen molar-refractivity contribution in [3.05, 3.63) is 59.2 Å². The van der Waals surface area contributed by atoms with Gasteiger partial charge in [0.1, 0.15) is 6.04 Å². The summed E-state index contributed by atoms with van der Waals surface area (Å²) in [7, 11) is 0. The van der Waals surface area contributed by atoms with Crippen LogP contribution < -0.4 is 5.32 Å². The maximum Gasteiger partial charge on any atom is 0.321 e. The fourth-order valence-electron chi connectivity index (χ4n) is 2.73. The van der Waals surface area contributed by atoms with Gasteiger partial charge >= 0.3 is 5.97 Å². The van der Waals surface area contributed by atoms with E-state index < -0.39 is 12.0 Å². The molecular formula is C16H15NO4. The molecule has 1 heterocycles. The lowest BCUT2D eigenvalue weighted by molar-refractivity contribution is -0.139. The summed E-state index contributed by atoms with van der Waals surface area (Å²) in [5.74, 6) is -1.37. The van der Waals surface area contributed by atoms with Gasteiger partial charge in [-0.3, -0.25) is 10.1 Å². The second kappa shape index (κ2) is 5.10. The van der Waals surface area contributed by atoms with Crippen LogP contribution in [0.1, 0.15) is 22.7 Å². The summed E-state index contributed by atoms with van der Waals surface area (Å²) in [4.78, 5) is 11.3. The van der Waals surface area contributed by atoms with E-state index in [0.717, 1.165) is 16.7 Å². The van der Waals surface area contributed by atoms with Crippen molar-refractivity contribution in [3.63, 3.8) is 0 Å². The summed E-state index contributed by atoms with van der Waals surface area (Å²) in [6.45, 7) is 0. The molecule has 5 heteroatoms. The number of aromatic hydroxyl groups is 2. The van der Waals surface area contributed by atoms with Crippen LogP contribution in [0.3, 0.4) is 0 Å². The number of fused-ring (bicyclic) bond motifs is 1. The Kier molecular flexibility index (Phi) is 3.27. The molecule has 0 radical (unpaired) electrons. The van der Waals surface area contributed by atoms with E-state index in [4.69, 9.17) is 0 Å². The van der Waals surface area contributed by atoms with Gasteiger partial charge in [-0.1, -0.05) is 30.3 Å². The fraction of sp³-hybridized carbons (Fsp3) is 0.188. The fourth-order valence-corrected chi connectivity index (χ4v) is 2.73. The highest BCUT2D eigenvalue weighted by molar-refractivity contribution is 5.75. The highest BCUT2D eigenvalue weighted by Gasteiger charge is 2.32. The van der Waals surface area contributed by atoms with Crippen LogP contribution in [0.15, 0.2) is 42.5 Å². The Morgan fingerprint density at radius 1 is 1.10 bits per heavy atom. The maximum absolute atomic E-state index is 11.3. The third-order valence-corrected chi connectivity index (χ3v) is 3.77. The Balaban J connectivity index is 2.12. The van der Waals surface area contributed by atoms with E-state index in [9.17, 15) is 20.1 Å². The normalized spacial score (nSPS) is 20.8. The van der Waals surface area contributed by atoms with Gasteiger partial charge in [-0.25, -0.2) is 0 Å². The van der Waals surface area contributed by atoms with E-state index in [0.29, 0.717) is 0 Å². The van der Waals surface area contributed by atoms with Crippen LogP contribution in [0.5, 0.6) is 11.5 Å². The first-order valence-electron chi connectivity index (χ1n) is 6.65. The molecule has 2 aromatic rings. The van der Waals surface area contributed by atoms with Crippen molar-refractivity contribution in [3.8, 4) is 11.5 Å². The van der Waals surface area contributed by atoms with Crippen LogP contribution in [-0.2, 0) is 11.2 Å². The number of phenolic OH excluding ortho intramolecular Hbond substituents is 2. The zero-order valence-electron chi connectivity index (χ0n) is 11.2. The van der Waals surface area contributed by atoms with Gasteiger partial charge in [0.15, 0.2) is 11.5 Å². The van der Waals surface area contributed by atoms with Crippen LogP contribution in [-0.4, -0.2) is 27.3 Å². The molecule has 2 atom stereocenters. The summed E-state index contributed by atoms with van der Waals surface area (Å²) in [5.41, 5.74) is 2.43. The van der Waals surface area contributed by atoms with Crippen LogP contribution >= 0.6 is 0 Å². The molecule has 21 heavy (non-hydrogen) atoms. The molecule has 1 aliphatic rings. The number of carbonyl (C=O) groups is 1. The number of carboxylic acids is 1. The second-order valence-electron chi connectivity index (χ2n) is 5.15. The largest absolute Gasteiger partial charge is 0.504 e. The predicted molar refractivity (Wildman–Crippen MR) is 76.3 cm³/mol. The van der Waals surface area contributed by atoms with Gasteiger partial charge in [-0.2, -0.15) is 0 Å². The molecule has 4 N–H and O–H groups in total. The molecular weight excluding hydrogens is 270 g/mol. The topological polar surface area (TPSA) is 89.8 Å². The molecule has 0 saturated carbocycles. The summed E-state index contributed by atoms with van der Waals surface area (Å²) in [6.07, 6.45) is 0.266. The first-order valence-corrected chi connectivity index (χ1v) is 6.65. The van der Waals surface area contributed by atoms with Gasteiger partial charge in [-0.15, -0.1) is 0 Å².